The molecule has 2 aliphatic rings. The third-order valence-electron chi connectivity index (χ3n) is 4.36. The van der Waals surface area contributed by atoms with Crippen molar-refractivity contribution in [1.82, 2.24) is 0 Å². The molecule has 1 atom stereocenters. The maximum Gasteiger partial charge on any atom is 0.251 e. The van der Waals surface area contributed by atoms with Crippen molar-refractivity contribution in [2.45, 2.75) is 12.5 Å². The minimum absolute atomic E-state index is 0.0561. The minimum atomic E-state index is -0.0561. The molecule has 1 saturated heterocycles. The van der Waals surface area contributed by atoms with Crippen LogP contribution in [0.5, 0.6) is 11.5 Å². The molecule has 0 bridgehead atoms. The first-order valence-electron chi connectivity index (χ1n) is 8.35. The van der Waals surface area contributed by atoms with Gasteiger partial charge in [-0.2, -0.15) is 0 Å². The van der Waals surface area contributed by atoms with E-state index in [1.54, 1.807) is 12.2 Å². The van der Waals surface area contributed by atoms with Crippen LogP contribution in [0.4, 0.5) is 5.69 Å². The van der Waals surface area contributed by atoms with Gasteiger partial charge in [-0.25, -0.2) is 0 Å². The van der Waals surface area contributed by atoms with Gasteiger partial charge in [-0.1, -0.05) is 24.3 Å². The summed E-state index contributed by atoms with van der Waals surface area (Å²) in [6.45, 7) is 1.50. The highest BCUT2D eigenvalue weighted by Gasteiger charge is 2.27. The molecule has 0 spiro atoms. The van der Waals surface area contributed by atoms with Crippen molar-refractivity contribution in [1.29, 1.82) is 0 Å². The summed E-state index contributed by atoms with van der Waals surface area (Å²) in [5.41, 5.74) is 1.78. The van der Waals surface area contributed by atoms with Gasteiger partial charge < -0.3 is 19.1 Å². The lowest BCUT2D eigenvalue weighted by Crippen LogP contribution is -2.40. The summed E-state index contributed by atoms with van der Waals surface area (Å²) in [5, 5.41) is 0. The Balaban J connectivity index is 1.56. The first kappa shape index (κ1) is 15.7. The zero-order chi connectivity index (χ0) is 17.1. The van der Waals surface area contributed by atoms with Gasteiger partial charge >= 0.3 is 0 Å². The molecular formula is C20H19NO4. The Morgan fingerprint density at radius 3 is 2.72 bits per heavy atom. The van der Waals surface area contributed by atoms with E-state index in [0.717, 1.165) is 23.4 Å². The fourth-order valence-corrected chi connectivity index (χ4v) is 3.10. The molecule has 1 amide bonds. The second kappa shape index (κ2) is 6.99. The lowest BCUT2D eigenvalue weighted by Gasteiger charge is -2.27. The monoisotopic (exact) mass is 337 g/mol. The van der Waals surface area contributed by atoms with Crippen LogP contribution in [0.25, 0.3) is 6.08 Å². The van der Waals surface area contributed by atoms with Crippen molar-refractivity contribution in [3.8, 4) is 11.5 Å². The third kappa shape index (κ3) is 3.37. The predicted molar refractivity (Wildman–Crippen MR) is 94.8 cm³/mol. The highest BCUT2D eigenvalue weighted by molar-refractivity contribution is 6.04. The molecule has 0 saturated carbocycles. The number of para-hydroxylation sites is 1. The molecule has 2 aromatic carbocycles. The number of hydrogen-bond donors (Lipinski definition) is 0. The van der Waals surface area contributed by atoms with Crippen LogP contribution in [-0.4, -0.2) is 32.0 Å². The number of carbonyl (C=O) groups excluding carboxylic acids is 1. The van der Waals surface area contributed by atoms with Crippen LogP contribution in [0.3, 0.4) is 0 Å². The smallest absolute Gasteiger partial charge is 0.251 e. The van der Waals surface area contributed by atoms with E-state index in [-0.39, 0.29) is 18.7 Å². The average Bonchev–Trinajstić information content (AvgIpc) is 3.32. The molecule has 4 rings (SSSR count). The number of ether oxygens (including phenoxy) is 3. The second-order valence-electron chi connectivity index (χ2n) is 6.01. The summed E-state index contributed by atoms with van der Waals surface area (Å²) in [7, 11) is 0. The molecule has 5 heteroatoms. The predicted octanol–water partition coefficient (Wildman–Crippen LogP) is 3.25. The maximum absolute atomic E-state index is 12.9. The minimum Gasteiger partial charge on any atom is -0.454 e. The van der Waals surface area contributed by atoms with E-state index >= 15 is 0 Å². The molecule has 25 heavy (non-hydrogen) atoms. The molecule has 0 aromatic heterocycles. The van der Waals surface area contributed by atoms with Gasteiger partial charge in [0.05, 0.1) is 12.6 Å². The van der Waals surface area contributed by atoms with Gasteiger partial charge in [0.1, 0.15) is 0 Å². The molecule has 128 valence electrons. The Hall–Kier alpha value is -2.79. The molecule has 0 aliphatic carbocycles. The van der Waals surface area contributed by atoms with Crippen molar-refractivity contribution in [3.63, 3.8) is 0 Å². The van der Waals surface area contributed by atoms with Crippen molar-refractivity contribution >= 4 is 17.7 Å². The molecule has 0 N–H and O–H groups in total. The second-order valence-corrected chi connectivity index (χ2v) is 6.01. The standard InChI is InChI=1S/C20H19NO4/c22-20(9-7-15-6-8-18-19(12-15)25-14-24-18)21(17-10-11-23-13-17)16-4-2-1-3-5-16/h1-9,12,17H,10-11,13-14H2. The van der Waals surface area contributed by atoms with E-state index in [1.807, 2.05) is 53.4 Å². The number of carbonyl (C=O) groups is 1. The number of rotatable bonds is 4. The number of hydrogen-bond acceptors (Lipinski definition) is 4. The highest BCUT2D eigenvalue weighted by Crippen LogP contribution is 2.33. The Morgan fingerprint density at radius 1 is 1.08 bits per heavy atom. The zero-order valence-electron chi connectivity index (χ0n) is 13.8. The number of benzene rings is 2. The van der Waals surface area contributed by atoms with Gasteiger partial charge in [0.15, 0.2) is 11.5 Å². The van der Waals surface area contributed by atoms with E-state index in [4.69, 9.17) is 14.2 Å². The summed E-state index contributed by atoms with van der Waals surface area (Å²) in [4.78, 5) is 14.7. The molecule has 2 aliphatic heterocycles. The van der Waals surface area contributed by atoms with Crippen molar-refractivity contribution < 1.29 is 19.0 Å². The highest BCUT2D eigenvalue weighted by atomic mass is 16.7. The number of fused-ring (bicyclic) bond motifs is 1. The van der Waals surface area contributed by atoms with Crippen molar-refractivity contribution in [2.75, 3.05) is 24.9 Å². The van der Waals surface area contributed by atoms with Crippen LogP contribution in [0.15, 0.2) is 54.6 Å². The Morgan fingerprint density at radius 2 is 1.92 bits per heavy atom. The first-order chi connectivity index (χ1) is 12.3. The van der Waals surface area contributed by atoms with E-state index < -0.39 is 0 Å². The first-order valence-corrected chi connectivity index (χ1v) is 8.35. The Labute approximate surface area is 146 Å². The molecule has 0 radical (unpaired) electrons. The fourth-order valence-electron chi connectivity index (χ4n) is 3.10. The largest absolute Gasteiger partial charge is 0.454 e. The lowest BCUT2D eigenvalue weighted by molar-refractivity contribution is -0.114. The molecule has 5 nitrogen and oxygen atoms in total. The van der Waals surface area contributed by atoms with Crippen LogP contribution in [0.2, 0.25) is 0 Å². The van der Waals surface area contributed by atoms with Crippen LogP contribution in [0, 0.1) is 0 Å². The summed E-state index contributed by atoms with van der Waals surface area (Å²) in [6, 6.07) is 15.4. The summed E-state index contributed by atoms with van der Waals surface area (Å²) < 4.78 is 16.2. The molecule has 2 aromatic rings. The summed E-state index contributed by atoms with van der Waals surface area (Å²) >= 11 is 0. The fraction of sp³-hybridized carbons (Fsp3) is 0.250. The van der Waals surface area contributed by atoms with Gasteiger partial charge in [-0.3, -0.25) is 4.79 Å². The number of amides is 1. The zero-order valence-corrected chi connectivity index (χ0v) is 13.8. The van der Waals surface area contributed by atoms with Gasteiger partial charge in [0, 0.05) is 18.4 Å². The molecule has 1 unspecified atom stereocenters. The van der Waals surface area contributed by atoms with E-state index in [1.165, 1.54) is 0 Å². The molecule has 1 fully saturated rings. The van der Waals surface area contributed by atoms with Gasteiger partial charge in [0.25, 0.3) is 5.91 Å². The number of anilines is 1. The molecular weight excluding hydrogens is 318 g/mol. The Bertz CT molecular complexity index is 782. The van der Waals surface area contributed by atoms with E-state index in [2.05, 4.69) is 0 Å². The lowest BCUT2D eigenvalue weighted by atomic mass is 10.1. The van der Waals surface area contributed by atoms with E-state index in [9.17, 15) is 4.79 Å². The van der Waals surface area contributed by atoms with Crippen molar-refractivity contribution in [2.24, 2.45) is 0 Å². The van der Waals surface area contributed by atoms with Crippen LogP contribution >= 0.6 is 0 Å². The quantitative estimate of drug-likeness (QED) is 0.804. The summed E-state index contributed by atoms with van der Waals surface area (Å²) in [5.74, 6) is 1.38. The van der Waals surface area contributed by atoms with Crippen LogP contribution in [-0.2, 0) is 9.53 Å². The third-order valence-corrected chi connectivity index (χ3v) is 4.36. The Kier molecular flexibility index (Phi) is 4.39. The maximum atomic E-state index is 12.9. The van der Waals surface area contributed by atoms with Gasteiger partial charge in [0.2, 0.25) is 6.79 Å². The van der Waals surface area contributed by atoms with Gasteiger partial charge in [-0.15, -0.1) is 0 Å². The van der Waals surface area contributed by atoms with Gasteiger partial charge in [-0.05, 0) is 42.3 Å². The van der Waals surface area contributed by atoms with Crippen molar-refractivity contribution in [3.05, 3.63) is 60.2 Å². The normalized spacial score (nSPS) is 18.6. The SMILES string of the molecule is O=C(C=Cc1ccc2c(c1)OCO2)N(c1ccccc1)C1CCOC1. The average molecular weight is 337 g/mol. The van der Waals surface area contributed by atoms with Crippen LogP contribution < -0.4 is 14.4 Å². The topological polar surface area (TPSA) is 48.0 Å². The molecule has 2 heterocycles. The van der Waals surface area contributed by atoms with E-state index in [0.29, 0.717) is 19.0 Å². The van der Waals surface area contributed by atoms with Crippen LogP contribution in [0.1, 0.15) is 12.0 Å². The summed E-state index contributed by atoms with van der Waals surface area (Å²) in [6.07, 6.45) is 4.25. The number of nitrogens with zero attached hydrogens (tertiary/aromatic N) is 1.